The van der Waals surface area contributed by atoms with Crippen LogP contribution in [-0.4, -0.2) is 87.9 Å². The van der Waals surface area contributed by atoms with Crippen LogP contribution in [0, 0.1) is 0 Å². The van der Waals surface area contributed by atoms with Gasteiger partial charge in [-0.25, -0.2) is 0 Å². The SMILES string of the molecule is CC(O)C(C(N)=O)N1CCCC12CN(CC(=O)N1CCCC1)C2=O. The number of carbonyl (C=O) groups is 3. The van der Waals surface area contributed by atoms with E-state index in [1.54, 1.807) is 14.7 Å². The molecule has 0 bridgehead atoms. The third-order valence-electron chi connectivity index (χ3n) is 5.55. The summed E-state index contributed by atoms with van der Waals surface area (Å²) in [5.41, 5.74) is 4.66. The van der Waals surface area contributed by atoms with Gasteiger partial charge < -0.3 is 20.6 Å². The molecule has 3 saturated heterocycles. The Kier molecular flexibility index (Phi) is 4.52. The molecule has 24 heavy (non-hydrogen) atoms. The fourth-order valence-electron chi connectivity index (χ4n) is 4.37. The van der Waals surface area contributed by atoms with E-state index in [4.69, 9.17) is 5.73 Å². The Morgan fingerprint density at radius 1 is 1.25 bits per heavy atom. The highest BCUT2D eigenvalue weighted by molar-refractivity contribution is 5.97. The van der Waals surface area contributed by atoms with Crippen LogP contribution in [0.25, 0.3) is 0 Å². The highest BCUT2D eigenvalue weighted by atomic mass is 16.3. The molecule has 1 spiro atoms. The standard InChI is InChI=1S/C16H26N4O4/c1-11(21)13(14(17)23)20-8-4-5-16(20)10-19(15(16)24)9-12(22)18-6-2-3-7-18/h11,13,21H,2-10H2,1H3,(H2,17,23). The minimum atomic E-state index is -0.939. The lowest BCUT2D eigenvalue weighted by Crippen LogP contribution is -2.75. The fraction of sp³-hybridized carbons (Fsp3) is 0.812. The van der Waals surface area contributed by atoms with Crippen molar-refractivity contribution >= 4 is 17.7 Å². The molecule has 134 valence electrons. The number of primary amides is 1. The molecule has 3 heterocycles. The van der Waals surface area contributed by atoms with Gasteiger partial charge in [-0.3, -0.25) is 19.3 Å². The summed E-state index contributed by atoms with van der Waals surface area (Å²) < 4.78 is 0. The molecule has 8 heteroatoms. The number of carbonyl (C=O) groups excluding carboxylic acids is 3. The summed E-state index contributed by atoms with van der Waals surface area (Å²) >= 11 is 0. The average molecular weight is 338 g/mol. The largest absolute Gasteiger partial charge is 0.391 e. The van der Waals surface area contributed by atoms with Gasteiger partial charge in [0, 0.05) is 26.2 Å². The van der Waals surface area contributed by atoms with Gasteiger partial charge >= 0.3 is 0 Å². The fourth-order valence-corrected chi connectivity index (χ4v) is 4.37. The van der Waals surface area contributed by atoms with Crippen LogP contribution in [-0.2, 0) is 14.4 Å². The molecule has 0 aromatic heterocycles. The van der Waals surface area contributed by atoms with Crippen LogP contribution < -0.4 is 5.73 Å². The predicted molar refractivity (Wildman–Crippen MR) is 85.7 cm³/mol. The van der Waals surface area contributed by atoms with E-state index in [1.807, 2.05) is 0 Å². The van der Waals surface area contributed by atoms with Gasteiger partial charge in [-0.05, 0) is 32.6 Å². The maximum atomic E-state index is 12.8. The molecular weight excluding hydrogens is 312 g/mol. The summed E-state index contributed by atoms with van der Waals surface area (Å²) in [7, 11) is 0. The van der Waals surface area contributed by atoms with Crippen LogP contribution in [0.2, 0.25) is 0 Å². The van der Waals surface area contributed by atoms with E-state index >= 15 is 0 Å². The summed E-state index contributed by atoms with van der Waals surface area (Å²) in [4.78, 5) is 41.8. The van der Waals surface area contributed by atoms with Crippen molar-refractivity contribution in [3.05, 3.63) is 0 Å². The number of likely N-dealkylation sites (tertiary alicyclic amines) is 3. The van der Waals surface area contributed by atoms with Crippen LogP contribution in [0.5, 0.6) is 0 Å². The van der Waals surface area contributed by atoms with E-state index in [0.717, 1.165) is 32.4 Å². The Bertz CT molecular complexity index is 546. The zero-order valence-corrected chi connectivity index (χ0v) is 14.1. The number of β-lactam (4-membered cyclic amide) rings is 1. The highest BCUT2D eigenvalue weighted by Crippen LogP contribution is 2.40. The van der Waals surface area contributed by atoms with Crippen molar-refractivity contribution in [1.82, 2.24) is 14.7 Å². The van der Waals surface area contributed by atoms with Gasteiger partial charge in [-0.15, -0.1) is 0 Å². The first-order chi connectivity index (χ1) is 11.4. The number of hydrogen-bond acceptors (Lipinski definition) is 5. The third-order valence-corrected chi connectivity index (χ3v) is 5.55. The first-order valence-electron chi connectivity index (χ1n) is 8.68. The third kappa shape index (κ3) is 2.67. The van der Waals surface area contributed by atoms with Crippen molar-refractivity contribution in [2.45, 2.75) is 50.3 Å². The molecule has 3 aliphatic heterocycles. The summed E-state index contributed by atoms with van der Waals surface area (Å²) in [5, 5.41) is 9.91. The first-order valence-corrected chi connectivity index (χ1v) is 8.68. The second-order valence-electron chi connectivity index (χ2n) is 7.17. The molecule has 3 amide bonds. The van der Waals surface area contributed by atoms with Crippen LogP contribution in [0.3, 0.4) is 0 Å². The van der Waals surface area contributed by atoms with Crippen molar-refractivity contribution in [2.24, 2.45) is 5.73 Å². The number of rotatable bonds is 5. The minimum absolute atomic E-state index is 0.0118. The molecule has 0 aliphatic carbocycles. The number of amides is 3. The molecule has 0 aromatic carbocycles. The Balaban J connectivity index is 1.67. The molecule has 3 N–H and O–H groups in total. The van der Waals surface area contributed by atoms with Gasteiger partial charge in [-0.2, -0.15) is 0 Å². The van der Waals surface area contributed by atoms with Crippen LogP contribution in [0.15, 0.2) is 0 Å². The van der Waals surface area contributed by atoms with E-state index in [-0.39, 0.29) is 18.4 Å². The average Bonchev–Trinajstić information content (AvgIpc) is 3.17. The van der Waals surface area contributed by atoms with E-state index < -0.39 is 23.6 Å². The molecular formula is C16H26N4O4. The summed E-state index contributed by atoms with van der Waals surface area (Å²) in [6.07, 6.45) is 2.51. The lowest BCUT2D eigenvalue weighted by molar-refractivity contribution is -0.170. The minimum Gasteiger partial charge on any atom is -0.391 e. The molecule has 3 aliphatic rings. The number of nitrogens with zero attached hydrogens (tertiary/aromatic N) is 3. The second-order valence-corrected chi connectivity index (χ2v) is 7.17. The molecule has 8 nitrogen and oxygen atoms in total. The van der Waals surface area contributed by atoms with Crippen LogP contribution in [0.1, 0.15) is 32.6 Å². The first kappa shape index (κ1) is 17.2. The number of hydrogen-bond donors (Lipinski definition) is 2. The van der Waals surface area contributed by atoms with E-state index in [9.17, 15) is 19.5 Å². The number of nitrogens with two attached hydrogens (primary N) is 1. The van der Waals surface area contributed by atoms with E-state index in [1.165, 1.54) is 6.92 Å². The van der Waals surface area contributed by atoms with Gasteiger partial charge in [0.25, 0.3) is 0 Å². The van der Waals surface area contributed by atoms with Gasteiger partial charge in [0.1, 0.15) is 11.6 Å². The quantitative estimate of drug-likeness (QED) is 0.595. The molecule has 0 aromatic rings. The van der Waals surface area contributed by atoms with Crippen molar-refractivity contribution in [2.75, 3.05) is 32.7 Å². The summed E-state index contributed by atoms with van der Waals surface area (Å²) in [6.45, 7) is 4.12. The maximum absolute atomic E-state index is 12.8. The van der Waals surface area contributed by atoms with Crippen molar-refractivity contribution in [3.8, 4) is 0 Å². The molecule has 3 atom stereocenters. The number of aliphatic hydroxyl groups is 1. The summed E-state index contributed by atoms with van der Waals surface area (Å²) in [5.74, 6) is -0.757. The Labute approximate surface area is 141 Å². The molecule has 3 unspecified atom stereocenters. The van der Waals surface area contributed by atoms with E-state index in [2.05, 4.69) is 0 Å². The molecule has 3 fully saturated rings. The molecule has 3 rings (SSSR count). The maximum Gasteiger partial charge on any atom is 0.245 e. The Hall–Kier alpha value is -1.67. The van der Waals surface area contributed by atoms with Crippen molar-refractivity contribution in [3.63, 3.8) is 0 Å². The zero-order valence-electron chi connectivity index (χ0n) is 14.1. The van der Waals surface area contributed by atoms with E-state index in [0.29, 0.717) is 19.5 Å². The van der Waals surface area contributed by atoms with Crippen LogP contribution in [0.4, 0.5) is 0 Å². The van der Waals surface area contributed by atoms with Crippen molar-refractivity contribution < 1.29 is 19.5 Å². The molecule has 0 saturated carbocycles. The normalized spacial score (nSPS) is 29.8. The second kappa shape index (κ2) is 6.33. The van der Waals surface area contributed by atoms with Gasteiger partial charge in [0.2, 0.25) is 17.7 Å². The summed E-state index contributed by atoms with van der Waals surface area (Å²) in [6, 6.07) is -0.868. The zero-order chi connectivity index (χ0) is 17.5. The lowest BCUT2D eigenvalue weighted by atomic mass is 9.84. The predicted octanol–water partition coefficient (Wildman–Crippen LogP) is -1.48. The highest BCUT2D eigenvalue weighted by Gasteiger charge is 2.60. The smallest absolute Gasteiger partial charge is 0.245 e. The number of aliphatic hydroxyl groups excluding tert-OH is 1. The lowest BCUT2D eigenvalue weighted by Gasteiger charge is -2.53. The topological polar surface area (TPSA) is 107 Å². The Morgan fingerprint density at radius 2 is 1.92 bits per heavy atom. The van der Waals surface area contributed by atoms with Gasteiger partial charge in [0.05, 0.1) is 12.6 Å². The monoisotopic (exact) mass is 338 g/mol. The van der Waals surface area contributed by atoms with Gasteiger partial charge in [-0.1, -0.05) is 0 Å². The Morgan fingerprint density at radius 3 is 2.46 bits per heavy atom. The van der Waals surface area contributed by atoms with Crippen LogP contribution >= 0.6 is 0 Å². The van der Waals surface area contributed by atoms with Gasteiger partial charge in [0.15, 0.2) is 0 Å². The molecule has 0 radical (unpaired) electrons. The van der Waals surface area contributed by atoms with Crippen molar-refractivity contribution in [1.29, 1.82) is 0 Å².